The first kappa shape index (κ1) is 31.5. The third kappa shape index (κ3) is 6.33. The summed E-state index contributed by atoms with van der Waals surface area (Å²) in [7, 11) is 1.62. The molecule has 43 heavy (non-hydrogen) atoms. The molecule has 3 aliphatic rings. The summed E-state index contributed by atoms with van der Waals surface area (Å²) in [6.07, 6.45) is 9.67. The van der Waals surface area contributed by atoms with Crippen LogP contribution >= 0.6 is 0 Å². The van der Waals surface area contributed by atoms with Gasteiger partial charge in [-0.15, -0.1) is 0 Å². The number of carboxylic acids is 1. The Hall–Kier alpha value is -2.93. The van der Waals surface area contributed by atoms with Crippen LogP contribution in [-0.4, -0.2) is 46.1 Å². The molecular weight excluding hydrogens is 540 g/mol. The van der Waals surface area contributed by atoms with Gasteiger partial charge in [0, 0.05) is 23.6 Å². The fraction of sp³-hybridized carbons (Fsp3) is 0.639. The highest BCUT2D eigenvalue weighted by Crippen LogP contribution is 2.52. The zero-order chi connectivity index (χ0) is 30.9. The van der Waals surface area contributed by atoms with Gasteiger partial charge in [-0.3, -0.25) is 4.79 Å². The van der Waals surface area contributed by atoms with Gasteiger partial charge in [0.2, 0.25) is 11.8 Å². The zero-order valence-corrected chi connectivity index (χ0v) is 26.8. The number of carbonyl (C=O) groups is 2. The summed E-state index contributed by atoms with van der Waals surface area (Å²) in [5.41, 5.74) is 3.71. The Morgan fingerprint density at radius 3 is 2.33 bits per heavy atom. The van der Waals surface area contributed by atoms with Gasteiger partial charge >= 0.3 is 5.97 Å². The van der Waals surface area contributed by atoms with Crippen molar-refractivity contribution < 1.29 is 24.2 Å². The lowest BCUT2D eigenvalue weighted by atomic mass is 9.73. The average Bonchev–Trinajstić information content (AvgIpc) is 3.31. The third-order valence-corrected chi connectivity index (χ3v) is 10.2. The van der Waals surface area contributed by atoms with E-state index in [2.05, 4.69) is 57.8 Å². The van der Waals surface area contributed by atoms with Crippen molar-refractivity contribution in [3.8, 4) is 5.88 Å². The number of nitrogens with zero attached hydrogens (tertiary/aromatic N) is 2. The number of rotatable bonds is 9. The van der Waals surface area contributed by atoms with Crippen LogP contribution in [0.5, 0.6) is 5.88 Å². The van der Waals surface area contributed by atoms with Crippen LogP contribution in [0.1, 0.15) is 126 Å². The van der Waals surface area contributed by atoms with Crippen LogP contribution < -0.4 is 4.74 Å². The van der Waals surface area contributed by atoms with Crippen molar-refractivity contribution in [1.82, 2.24) is 9.88 Å². The first-order valence-corrected chi connectivity index (χ1v) is 16.3. The Morgan fingerprint density at radius 2 is 1.74 bits per heavy atom. The lowest BCUT2D eigenvalue weighted by Crippen LogP contribution is -2.49. The molecule has 1 aromatic carbocycles. The number of pyridine rings is 1. The maximum Gasteiger partial charge on any atom is 0.326 e. The number of amides is 1. The molecule has 2 heterocycles. The molecule has 1 aromatic heterocycles. The largest absolute Gasteiger partial charge is 0.481 e. The maximum atomic E-state index is 14.5. The molecule has 7 heteroatoms. The van der Waals surface area contributed by atoms with Gasteiger partial charge < -0.3 is 19.5 Å². The van der Waals surface area contributed by atoms with Crippen molar-refractivity contribution in [2.24, 2.45) is 17.3 Å². The topological polar surface area (TPSA) is 89.0 Å². The summed E-state index contributed by atoms with van der Waals surface area (Å²) >= 11 is 0. The molecule has 2 saturated carbocycles. The normalized spacial score (nSPS) is 25.1. The fourth-order valence-corrected chi connectivity index (χ4v) is 7.74. The molecule has 0 radical (unpaired) electrons. The first-order chi connectivity index (χ1) is 20.5. The van der Waals surface area contributed by atoms with Crippen LogP contribution in [0.2, 0.25) is 0 Å². The number of carboxylic acid groups (broad SMARTS) is 1. The van der Waals surface area contributed by atoms with E-state index in [9.17, 15) is 14.7 Å². The van der Waals surface area contributed by atoms with E-state index >= 15 is 0 Å². The maximum absolute atomic E-state index is 14.5. The van der Waals surface area contributed by atoms with Gasteiger partial charge in [-0.1, -0.05) is 84.6 Å². The summed E-state index contributed by atoms with van der Waals surface area (Å²) in [5.74, 6) is -0.364. The molecule has 1 amide bonds. The minimum Gasteiger partial charge on any atom is -0.481 e. The highest BCUT2D eigenvalue weighted by Gasteiger charge is 2.59. The predicted octanol–water partition coefficient (Wildman–Crippen LogP) is 7.65. The van der Waals surface area contributed by atoms with Crippen molar-refractivity contribution in [3.05, 3.63) is 58.8 Å². The molecule has 5 rings (SSSR count). The van der Waals surface area contributed by atoms with E-state index in [4.69, 9.17) is 9.47 Å². The molecule has 2 aromatic rings. The minimum absolute atomic E-state index is 0.0396. The smallest absolute Gasteiger partial charge is 0.326 e. The van der Waals surface area contributed by atoms with Crippen molar-refractivity contribution in [2.45, 2.75) is 123 Å². The number of likely N-dealkylation sites (tertiary alicyclic amines) is 1. The Bertz CT molecular complexity index is 1290. The SMILES string of the molecule is COc1ncc(C2CCC2)cc1CO[C@H]1[C@H](C(C)(C)C)[C@@H](C(=O)O)N(C(=O)C2CCCCC2)[C@H]1c1ccccc1C(C)C. The summed E-state index contributed by atoms with van der Waals surface area (Å²) in [6, 6.07) is 8.83. The third-order valence-electron chi connectivity index (χ3n) is 10.2. The lowest BCUT2D eigenvalue weighted by molar-refractivity contribution is -0.154. The van der Waals surface area contributed by atoms with E-state index in [1.54, 1.807) is 12.0 Å². The standard InChI is InChI=1S/C36H50N2O5/c1-22(2)27-17-10-11-18-28(27)30-32(43-21-26-19-25(23-15-12-16-23)20-37-33(26)42-6)29(36(3,4)5)31(35(40)41)38(30)34(39)24-13-8-7-9-14-24/h10-11,17-20,22-24,29-32H,7-9,12-16,21H2,1-6H3,(H,40,41)/t29-,30+,31+,32+/m1/s1. The van der Waals surface area contributed by atoms with E-state index in [0.717, 1.165) is 61.6 Å². The van der Waals surface area contributed by atoms with Crippen molar-refractivity contribution in [3.63, 3.8) is 0 Å². The highest BCUT2D eigenvalue weighted by molar-refractivity contribution is 5.87. The van der Waals surface area contributed by atoms with E-state index in [1.807, 2.05) is 18.3 Å². The van der Waals surface area contributed by atoms with Gasteiger partial charge in [0.1, 0.15) is 6.04 Å². The van der Waals surface area contributed by atoms with E-state index in [0.29, 0.717) is 11.8 Å². The summed E-state index contributed by atoms with van der Waals surface area (Å²) in [6.45, 7) is 10.7. The number of carbonyl (C=O) groups excluding carboxylic acids is 1. The van der Waals surface area contributed by atoms with Crippen LogP contribution in [-0.2, 0) is 20.9 Å². The van der Waals surface area contributed by atoms with Crippen LogP contribution in [0.4, 0.5) is 0 Å². The number of hydrogen-bond acceptors (Lipinski definition) is 5. The molecule has 1 aliphatic heterocycles. The van der Waals surface area contributed by atoms with Gasteiger partial charge in [-0.25, -0.2) is 9.78 Å². The monoisotopic (exact) mass is 590 g/mol. The van der Waals surface area contributed by atoms with Gasteiger partial charge in [0.15, 0.2) is 0 Å². The number of aromatic nitrogens is 1. The average molecular weight is 591 g/mol. The molecule has 3 fully saturated rings. The van der Waals surface area contributed by atoms with Gasteiger partial charge in [0.25, 0.3) is 0 Å². The first-order valence-electron chi connectivity index (χ1n) is 16.3. The summed E-state index contributed by atoms with van der Waals surface area (Å²) in [5, 5.41) is 10.8. The van der Waals surface area contributed by atoms with Gasteiger partial charge in [-0.2, -0.15) is 0 Å². The molecule has 4 atom stereocenters. The van der Waals surface area contributed by atoms with Crippen LogP contribution in [0.15, 0.2) is 36.5 Å². The summed E-state index contributed by atoms with van der Waals surface area (Å²) in [4.78, 5) is 34.1. The molecule has 234 valence electrons. The predicted molar refractivity (Wildman–Crippen MR) is 167 cm³/mol. The number of methoxy groups -OCH3 is 1. The van der Waals surface area contributed by atoms with Crippen LogP contribution in [0, 0.1) is 17.3 Å². The molecule has 7 nitrogen and oxygen atoms in total. The molecule has 2 aliphatic carbocycles. The Morgan fingerprint density at radius 1 is 1.05 bits per heavy atom. The number of aliphatic carboxylic acids is 1. The molecule has 1 N–H and O–H groups in total. The number of ether oxygens (including phenoxy) is 2. The van der Waals surface area contributed by atoms with Crippen molar-refractivity contribution in [1.29, 1.82) is 0 Å². The summed E-state index contributed by atoms with van der Waals surface area (Å²) < 4.78 is 12.6. The van der Waals surface area contributed by atoms with E-state index < -0.39 is 35.5 Å². The van der Waals surface area contributed by atoms with Crippen LogP contribution in [0.25, 0.3) is 0 Å². The Kier molecular flexibility index (Phi) is 9.50. The van der Waals surface area contributed by atoms with Crippen molar-refractivity contribution >= 4 is 11.9 Å². The van der Waals surface area contributed by atoms with Crippen LogP contribution in [0.3, 0.4) is 0 Å². The molecular formula is C36H50N2O5. The van der Waals surface area contributed by atoms with E-state index in [-0.39, 0.29) is 24.3 Å². The van der Waals surface area contributed by atoms with Gasteiger partial charge in [-0.05, 0) is 65.7 Å². The zero-order valence-electron chi connectivity index (χ0n) is 26.8. The second-order valence-corrected chi connectivity index (χ2v) is 14.3. The molecule has 1 saturated heterocycles. The second-order valence-electron chi connectivity index (χ2n) is 14.3. The lowest BCUT2D eigenvalue weighted by Gasteiger charge is -2.36. The molecule has 0 spiro atoms. The minimum atomic E-state index is -0.994. The van der Waals surface area contributed by atoms with E-state index in [1.165, 1.54) is 12.0 Å². The number of hydrogen-bond donors (Lipinski definition) is 1. The Labute approximate surface area is 257 Å². The van der Waals surface area contributed by atoms with Gasteiger partial charge in [0.05, 0.1) is 25.9 Å². The van der Waals surface area contributed by atoms with Crippen molar-refractivity contribution in [2.75, 3.05) is 7.11 Å². The highest BCUT2D eigenvalue weighted by atomic mass is 16.5. The molecule has 0 bridgehead atoms. The second kappa shape index (κ2) is 13.0. The fourth-order valence-electron chi connectivity index (χ4n) is 7.74. The molecule has 0 unspecified atom stereocenters. The number of benzene rings is 1. The quantitative estimate of drug-likeness (QED) is 0.323. The Balaban J connectivity index is 1.62.